The molecule has 24 heavy (non-hydrogen) atoms. The van der Waals surface area contributed by atoms with Crippen LogP contribution in [-0.2, 0) is 29.8 Å². The zero-order valence-electron chi connectivity index (χ0n) is 14.8. The zero-order valence-corrected chi connectivity index (χ0v) is 15.9. The molecule has 0 spiro atoms. The highest BCUT2D eigenvalue weighted by Gasteiger charge is 2.34. The summed E-state index contributed by atoms with van der Waals surface area (Å²) in [5, 5.41) is 0.693. The van der Waals surface area contributed by atoms with Crippen molar-refractivity contribution in [2.24, 2.45) is 5.92 Å². The molecule has 0 saturated heterocycles. The Bertz CT molecular complexity index is 614. The molecule has 1 aliphatic rings. The molecule has 0 fully saturated rings. The second-order valence-corrected chi connectivity index (χ2v) is 8.34. The van der Waals surface area contributed by atoms with Crippen molar-refractivity contribution in [2.75, 3.05) is 0 Å². The lowest BCUT2D eigenvalue weighted by molar-refractivity contribution is -0.202. The molecule has 0 aromatic heterocycles. The van der Waals surface area contributed by atoms with Gasteiger partial charge in [0.1, 0.15) is 5.75 Å². The van der Waals surface area contributed by atoms with E-state index >= 15 is 0 Å². The molecule has 1 unspecified atom stereocenters. The standard InChI is InChI=1S/C17H24O6Si/c1-11(2)9-17(5)20-10-14-8-15(6-7-16(14)21-17)24(22-12(3)18)23-13(4)19/h6-8,11,24H,9-10H2,1-5H3. The van der Waals surface area contributed by atoms with Crippen LogP contribution in [0.1, 0.15) is 46.6 Å². The zero-order chi connectivity index (χ0) is 17.9. The maximum absolute atomic E-state index is 11.3. The van der Waals surface area contributed by atoms with Crippen molar-refractivity contribution in [2.45, 2.75) is 53.4 Å². The van der Waals surface area contributed by atoms with Gasteiger partial charge >= 0.3 is 9.28 Å². The molecule has 132 valence electrons. The number of hydrogen-bond donors (Lipinski definition) is 0. The van der Waals surface area contributed by atoms with Gasteiger partial charge in [-0.1, -0.05) is 19.9 Å². The van der Waals surface area contributed by atoms with Gasteiger partial charge in [-0.3, -0.25) is 9.59 Å². The summed E-state index contributed by atoms with van der Waals surface area (Å²) < 4.78 is 22.3. The summed E-state index contributed by atoms with van der Waals surface area (Å²) in [4.78, 5) is 22.5. The van der Waals surface area contributed by atoms with E-state index in [2.05, 4.69) is 13.8 Å². The number of rotatable bonds is 5. The fourth-order valence-corrected chi connectivity index (χ4v) is 4.27. The largest absolute Gasteiger partial charge is 0.484 e. The molecule has 1 aromatic carbocycles. The molecule has 0 saturated carbocycles. The molecule has 1 aromatic rings. The van der Waals surface area contributed by atoms with Crippen molar-refractivity contribution >= 4 is 26.4 Å². The van der Waals surface area contributed by atoms with Gasteiger partial charge in [0, 0.05) is 37.9 Å². The smallest absolute Gasteiger partial charge is 0.483 e. The summed E-state index contributed by atoms with van der Waals surface area (Å²) in [6.07, 6.45) is 0.784. The second-order valence-electron chi connectivity index (χ2n) is 6.54. The number of carbonyl (C=O) groups excluding carboxylic acids is 2. The van der Waals surface area contributed by atoms with Crippen molar-refractivity contribution in [3.8, 4) is 5.75 Å². The van der Waals surface area contributed by atoms with Gasteiger partial charge in [0.05, 0.1) is 6.61 Å². The maximum Gasteiger partial charge on any atom is 0.483 e. The van der Waals surface area contributed by atoms with Gasteiger partial charge < -0.3 is 18.3 Å². The Morgan fingerprint density at radius 3 is 2.42 bits per heavy atom. The Hall–Kier alpha value is -1.86. The van der Waals surface area contributed by atoms with Gasteiger partial charge in [-0.25, -0.2) is 0 Å². The average Bonchev–Trinajstić information content (AvgIpc) is 2.43. The average molecular weight is 352 g/mol. The van der Waals surface area contributed by atoms with Crippen LogP contribution in [0.4, 0.5) is 0 Å². The van der Waals surface area contributed by atoms with Gasteiger partial charge in [0.25, 0.3) is 11.9 Å². The Morgan fingerprint density at radius 1 is 1.25 bits per heavy atom. The lowest BCUT2D eigenvalue weighted by atomic mass is 10.0. The minimum Gasteiger partial charge on any atom is -0.484 e. The lowest BCUT2D eigenvalue weighted by Crippen LogP contribution is -2.42. The first-order chi connectivity index (χ1) is 11.2. The predicted octanol–water partition coefficient (Wildman–Crippen LogP) is 1.91. The minimum absolute atomic E-state index is 0.396. The van der Waals surface area contributed by atoms with Gasteiger partial charge in [-0.2, -0.15) is 0 Å². The summed E-state index contributed by atoms with van der Waals surface area (Å²) in [5.74, 6) is -0.400. The van der Waals surface area contributed by atoms with E-state index in [1.165, 1.54) is 13.8 Å². The fraction of sp³-hybridized carbons (Fsp3) is 0.529. The third kappa shape index (κ3) is 4.81. The molecule has 0 bridgehead atoms. The number of ether oxygens (including phenoxy) is 2. The maximum atomic E-state index is 11.3. The summed E-state index contributed by atoms with van der Waals surface area (Å²) >= 11 is 0. The molecule has 7 heteroatoms. The van der Waals surface area contributed by atoms with E-state index in [1.807, 2.05) is 19.1 Å². The van der Waals surface area contributed by atoms with Crippen LogP contribution in [0.25, 0.3) is 0 Å². The first kappa shape index (κ1) is 18.5. The Balaban J connectivity index is 2.22. The molecule has 1 heterocycles. The molecule has 2 rings (SSSR count). The third-order valence-corrected chi connectivity index (χ3v) is 5.54. The summed E-state index contributed by atoms with van der Waals surface area (Å²) in [7, 11) is -2.62. The van der Waals surface area contributed by atoms with Crippen molar-refractivity contribution in [1.29, 1.82) is 0 Å². The van der Waals surface area contributed by atoms with Crippen LogP contribution < -0.4 is 9.92 Å². The number of benzene rings is 1. The molecular formula is C17H24O6Si. The highest BCUT2D eigenvalue weighted by molar-refractivity contribution is 6.64. The van der Waals surface area contributed by atoms with Crippen LogP contribution in [0.5, 0.6) is 5.75 Å². The third-order valence-electron chi connectivity index (χ3n) is 3.54. The molecule has 0 amide bonds. The topological polar surface area (TPSA) is 71.1 Å². The summed E-state index contributed by atoms with van der Waals surface area (Å²) in [6.45, 7) is 9.15. The van der Waals surface area contributed by atoms with Crippen LogP contribution in [0.15, 0.2) is 18.2 Å². The van der Waals surface area contributed by atoms with Crippen LogP contribution in [-0.4, -0.2) is 27.0 Å². The van der Waals surface area contributed by atoms with E-state index < -0.39 is 27.0 Å². The van der Waals surface area contributed by atoms with E-state index in [1.54, 1.807) is 6.07 Å². The second kappa shape index (κ2) is 7.35. The van der Waals surface area contributed by atoms with E-state index in [0.29, 0.717) is 17.7 Å². The van der Waals surface area contributed by atoms with Crippen molar-refractivity contribution in [3.05, 3.63) is 23.8 Å². The van der Waals surface area contributed by atoms with Gasteiger partial charge in [-0.05, 0) is 18.1 Å². The van der Waals surface area contributed by atoms with Crippen molar-refractivity contribution in [3.63, 3.8) is 0 Å². The molecular weight excluding hydrogens is 328 g/mol. The Kier molecular flexibility index (Phi) is 5.66. The van der Waals surface area contributed by atoms with Crippen LogP contribution in [0.2, 0.25) is 0 Å². The normalized spacial score (nSPS) is 19.6. The number of hydrogen-bond acceptors (Lipinski definition) is 6. The van der Waals surface area contributed by atoms with Crippen molar-refractivity contribution < 1.29 is 27.9 Å². The first-order valence-corrected chi connectivity index (χ1v) is 9.51. The van der Waals surface area contributed by atoms with Crippen LogP contribution in [0, 0.1) is 5.92 Å². The molecule has 1 atom stereocenters. The van der Waals surface area contributed by atoms with Crippen LogP contribution >= 0.6 is 0 Å². The van der Waals surface area contributed by atoms with Gasteiger partial charge in [0.15, 0.2) is 0 Å². The number of fused-ring (bicyclic) bond motifs is 1. The fourth-order valence-electron chi connectivity index (χ4n) is 2.75. The Labute approximate surface area is 143 Å². The summed E-state index contributed by atoms with van der Waals surface area (Å²) in [5.41, 5.74) is 0.852. The first-order valence-electron chi connectivity index (χ1n) is 7.99. The quantitative estimate of drug-likeness (QED) is 0.754. The molecule has 1 aliphatic heterocycles. The minimum atomic E-state index is -2.62. The molecule has 6 nitrogen and oxygen atoms in total. The van der Waals surface area contributed by atoms with Crippen molar-refractivity contribution in [1.82, 2.24) is 0 Å². The molecule has 0 radical (unpaired) electrons. The highest BCUT2D eigenvalue weighted by Crippen LogP contribution is 2.34. The number of carbonyl (C=O) groups is 2. The van der Waals surface area contributed by atoms with E-state index in [-0.39, 0.29) is 0 Å². The van der Waals surface area contributed by atoms with Gasteiger partial charge in [0.2, 0.25) is 5.79 Å². The highest BCUT2D eigenvalue weighted by atomic mass is 28.3. The van der Waals surface area contributed by atoms with Gasteiger partial charge in [-0.15, -0.1) is 0 Å². The van der Waals surface area contributed by atoms with Crippen LogP contribution in [0.3, 0.4) is 0 Å². The predicted molar refractivity (Wildman–Crippen MR) is 90.0 cm³/mol. The van der Waals surface area contributed by atoms with E-state index in [0.717, 1.165) is 17.7 Å². The monoisotopic (exact) mass is 352 g/mol. The van der Waals surface area contributed by atoms with E-state index in [4.69, 9.17) is 18.3 Å². The summed E-state index contributed by atoms with van der Waals surface area (Å²) in [6, 6.07) is 5.43. The molecule has 0 aliphatic carbocycles. The Morgan fingerprint density at radius 2 is 1.88 bits per heavy atom. The SMILES string of the molecule is CC(=O)O[SiH](OC(C)=O)c1ccc2c(c1)COC(C)(CC(C)C)O2. The van der Waals surface area contributed by atoms with E-state index in [9.17, 15) is 9.59 Å². The molecule has 0 N–H and O–H groups in total. The lowest BCUT2D eigenvalue weighted by Gasteiger charge is -2.37.